The van der Waals surface area contributed by atoms with E-state index in [0.29, 0.717) is 18.5 Å². The van der Waals surface area contributed by atoms with Crippen LogP contribution in [0.5, 0.6) is 0 Å². The number of H-pyrrole nitrogens is 1. The molecule has 156 valence electrons. The number of benzene rings is 1. The van der Waals surface area contributed by atoms with Gasteiger partial charge >= 0.3 is 0 Å². The van der Waals surface area contributed by atoms with Crippen LogP contribution in [0.25, 0.3) is 11.0 Å². The molecule has 0 bridgehead atoms. The summed E-state index contributed by atoms with van der Waals surface area (Å²) >= 11 is 0. The largest absolute Gasteiger partial charge is 0.357 e. The summed E-state index contributed by atoms with van der Waals surface area (Å²) in [5, 5.41) is 3.47. The third-order valence-corrected chi connectivity index (χ3v) is 5.51. The van der Waals surface area contributed by atoms with Crippen molar-refractivity contribution >= 4 is 41.0 Å². The Morgan fingerprint density at radius 2 is 2.21 bits per heavy atom. The van der Waals surface area contributed by atoms with Gasteiger partial charge in [-0.2, -0.15) is 0 Å². The predicted octanol–water partition coefficient (Wildman–Crippen LogP) is 3.47. The molecular weight excluding hydrogens is 477 g/mol. The average Bonchev–Trinajstić information content (AvgIpc) is 3.37. The van der Waals surface area contributed by atoms with E-state index in [1.807, 2.05) is 30.7 Å². The molecule has 0 amide bonds. The molecule has 4 rings (SSSR count). The molecular formula is C21H30IN7. The number of aromatic amines is 1. The van der Waals surface area contributed by atoms with Crippen LogP contribution in [0, 0.1) is 5.92 Å². The summed E-state index contributed by atoms with van der Waals surface area (Å²) in [6.45, 7) is 8.01. The van der Waals surface area contributed by atoms with Gasteiger partial charge in [0.25, 0.3) is 0 Å². The lowest BCUT2D eigenvalue weighted by atomic mass is 9.93. The Balaban J connectivity index is 0.00000240. The quantitative estimate of drug-likeness (QED) is 0.315. The standard InChI is InChI=1S/C21H29N7.HI/c1-3-23-21(24-10-8-20-25-17-6-4-5-7-18(17)26-20)27-12-9-16(2)19(14-27)28-13-11-22-15-28;/h4-7,11,13,15-16,19H,3,8-10,12,14H2,1-2H3,(H,23,24)(H,25,26);1H. The smallest absolute Gasteiger partial charge is 0.193 e. The molecule has 1 saturated heterocycles. The number of halogens is 1. The van der Waals surface area contributed by atoms with E-state index in [1.165, 1.54) is 0 Å². The van der Waals surface area contributed by atoms with Crippen LogP contribution in [-0.2, 0) is 6.42 Å². The second-order valence-electron chi connectivity index (χ2n) is 7.48. The normalized spacial score (nSPS) is 19.9. The van der Waals surface area contributed by atoms with Gasteiger partial charge in [-0.15, -0.1) is 24.0 Å². The SMILES string of the molecule is CCNC(=NCCc1nc2ccccc2[nH]1)N1CCC(C)C(n2ccnc2)C1.I. The van der Waals surface area contributed by atoms with Gasteiger partial charge in [0.15, 0.2) is 5.96 Å². The zero-order chi connectivity index (χ0) is 19.3. The van der Waals surface area contributed by atoms with Crippen molar-refractivity contribution in [3.05, 3.63) is 48.8 Å². The Bertz CT molecular complexity index is 885. The van der Waals surface area contributed by atoms with Crippen molar-refractivity contribution in [2.24, 2.45) is 10.9 Å². The van der Waals surface area contributed by atoms with Gasteiger partial charge in [0, 0.05) is 45.0 Å². The summed E-state index contributed by atoms with van der Waals surface area (Å²) in [4.78, 5) is 19.5. The van der Waals surface area contributed by atoms with Crippen molar-refractivity contribution in [2.45, 2.75) is 32.7 Å². The average molecular weight is 507 g/mol. The summed E-state index contributed by atoms with van der Waals surface area (Å²) in [6, 6.07) is 8.57. The van der Waals surface area contributed by atoms with Gasteiger partial charge in [-0.05, 0) is 31.4 Å². The first-order valence-electron chi connectivity index (χ1n) is 10.2. The predicted molar refractivity (Wildman–Crippen MR) is 128 cm³/mol. The number of imidazole rings is 2. The van der Waals surface area contributed by atoms with Crippen molar-refractivity contribution < 1.29 is 0 Å². The van der Waals surface area contributed by atoms with Gasteiger partial charge in [-0.3, -0.25) is 4.99 Å². The Morgan fingerprint density at radius 3 is 2.97 bits per heavy atom. The van der Waals surface area contributed by atoms with Gasteiger partial charge in [-0.1, -0.05) is 19.1 Å². The van der Waals surface area contributed by atoms with Crippen LogP contribution < -0.4 is 5.32 Å². The first-order chi connectivity index (χ1) is 13.7. The number of nitrogens with zero attached hydrogens (tertiary/aromatic N) is 5. The zero-order valence-electron chi connectivity index (χ0n) is 17.1. The van der Waals surface area contributed by atoms with Gasteiger partial charge < -0.3 is 19.8 Å². The topological polar surface area (TPSA) is 74.1 Å². The fourth-order valence-electron chi connectivity index (χ4n) is 3.91. The summed E-state index contributed by atoms with van der Waals surface area (Å²) in [7, 11) is 0. The van der Waals surface area contributed by atoms with Gasteiger partial charge in [-0.25, -0.2) is 9.97 Å². The molecule has 0 aliphatic carbocycles. The number of hydrogen-bond donors (Lipinski definition) is 2. The van der Waals surface area contributed by atoms with E-state index < -0.39 is 0 Å². The van der Waals surface area contributed by atoms with E-state index in [9.17, 15) is 0 Å². The summed E-state index contributed by atoms with van der Waals surface area (Å²) in [5.41, 5.74) is 2.10. The van der Waals surface area contributed by atoms with Crippen LogP contribution >= 0.6 is 24.0 Å². The van der Waals surface area contributed by atoms with Crippen molar-refractivity contribution in [1.29, 1.82) is 0 Å². The minimum atomic E-state index is 0. The van der Waals surface area contributed by atoms with Crippen LogP contribution in [-0.4, -0.2) is 56.6 Å². The highest BCUT2D eigenvalue weighted by Gasteiger charge is 2.28. The highest BCUT2D eigenvalue weighted by atomic mass is 127. The number of likely N-dealkylation sites (tertiary alicyclic amines) is 1. The van der Waals surface area contributed by atoms with Crippen LogP contribution in [0.3, 0.4) is 0 Å². The second kappa shape index (κ2) is 10.1. The molecule has 2 aromatic heterocycles. The second-order valence-corrected chi connectivity index (χ2v) is 7.48. The molecule has 7 nitrogen and oxygen atoms in total. The maximum absolute atomic E-state index is 4.89. The molecule has 3 heterocycles. The minimum absolute atomic E-state index is 0. The Kier molecular flexibility index (Phi) is 7.51. The third kappa shape index (κ3) is 5.09. The Labute approximate surface area is 189 Å². The number of para-hydroxylation sites is 2. The Morgan fingerprint density at radius 1 is 1.34 bits per heavy atom. The van der Waals surface area contributed by atoms with E-state index in [1.54, 1.807) is 0 Å². The molecule has 0 radical (unpaired) electrons. The Hall–Kier alpha value is -2.10. The van der Waals surface area contributed by atoms with E-state index >= 15 is 0 Å². The number of aliphatic imine (C=N–C) groups is 1. The number of hydrogen-bond acceptors (Lipinski definition) is 3. The maximum atomic E-state index is 4.89. The lowest BCUT2D eigenvalue weighted by Crippen LogP contribution is -2.49. The van der Waals surface area contributed by atoms with E-state index in [4.69, 9.17) is 4.99 Å². The molecule has 2 atom stereocenters. The molecule has 1 aromatic carbocycles. The molecule has 1 fully saturated rings. The molecule has 2 N–H and O–H groups in total. The molecule has 2 unspecified atom stereocenters. The number of guanidine groups is 1. The number of fused-ring (bicyclic) bond motifs is 1. The van der Waals surface area contributed by atoms with Crippen LogP contribution in [0.2, 0.25) is 0 Å². The van der Waals surface area contributed by atoms with Crippen LogP contribution in [0.1, 0.15) is 32.1 Å². The fourth-order valence-corrected chi connectivity index (χ4v) is 3.91. The highest BCUT2D eigenvalue weighted by Crippen LogP contribution is 2.27. The monoisotopic (exact) mass is 507 g/mol. The highest BCUT2D eigenvalue weighted by molar-refractivity contribution is 14.0. The summed E-state index contributed by atoms with van der Waals surface area (Å²) < 4.78 is 2.23. The molecule has 29 heavy (non-hydrogen) atoms. The first-order valence-corrected chi connectivity index (χ1v) is 10.2. The first kappa shape index (κ1) is 21.6. The van der Waals surface area contributed by atoms with Crippen LogP contribution in [0.4, 0.5) is 0 Å². The van der Waals surface area contributed by atoms with Gasteiger partial charge in [0.05, 0.1) is 23.4 Å². The molecule has 0 saturated carbocycles. The van der Waals surface area contributed by atoms with E-state index in [-0.39, 0.29) is 24.0 Å². The molecule has 1 aliphatic rings. The molecule has 8 heteroatoms. The molecule has 1 aliphatic heterocycles. The van der Waals surface area contributed by atoms with Crippen molar-refractivity contribution in [3.63, 3.8) is 0 Å². The molecule has 0 spiro atoms. The molecule has 3 aromatic rings. The van der Waals surface area contributed by atoms with Gasteiger partial charge in [0.1, 0.15) is 5.82 Å². The minimum Gasteiger partial charge on any atom is -0.357 e. The number of nitrogens with one attached hydrogen (secondary N) is 2. The van der Waals surface area contributed by atoms with Crippen molar-refractivity contribution in [1.82, 2.24) is 29.7 Å². The van der Waals surface area contributed by atoms with Crippen molar-refractivity contribution in [2.75, 3.05) is 26.2 Å². The summed E-state index contributed by atoms with van der Waals surface area (Å²) in [5.74, 6) is 2.61. The van der Waals surface area contributed by atoms with Crippen molar-refractivity contribution in [3.8, 4) is 0 Å². The lowest BCUT2D eigenvalue weighted by Gasteiger charge is -2.39. The van der Waals surface area contributed by atoms with E-state index in [2.05, 4.69) is 55.8 Å². The van der Waals surface area contributed by atoms with E-state index in [0.717, 1.165) is 55.3 Å². The number of rotatable bonds is 5. The summed E-state index contributed by atoms with van der Waals surface area (Å²) in [6.07, 6.45) is 7.81. The van der Waals surface area contributed by atoms with Gasteiger partial charge in [0.2, 0.25) is 0 Å². The fraction of sp³-hybridized carbons (Fsp3) is 0.476. The number of piperidine rings is 1. The van der Waals surface area contributed by atoms with Crippen LogP contribution in [0.15, 0.2) is 48.0 Å². The maximum Gasteiger partial charge on any atom is 0.193 e. The lowest BCUT2D eigenvalue weighted by molar-refractivity contribution is 0.189. The zero-order valence-corrected chi connectivity index (χ0v) is 19.4. The third-order valence-electron chi connectivity index (χ3n) is 5.51. The number of aromatic nitrogens is 4.